The first-order valence-corrected chi connectivity index (χ1v) is 12.7. The van der Waals surface area contributed by atoms with Crippen LogP contribution in [0.5, 0.6) is 0 Å². The predicted molar refractivity (Wildman–Crippen MR) is 124 cm³/mol. The van der Waals surface area contributed by atoms with Gasteiger partial charge in [0.05, 0.1) is 6.10 Å². The first-order valence-electron chi connectivity index (χ1n) is 12.7. The van der Waals surface area contributed by atoms with E-state index in [-0.39, 0.29) is 6.10 Å². The summed E-state index contributed by atoms with van der Waals surface area (Å²) in [5.74, 6) is 5.63. The molecule has 0 amide bonds. The fourth-order valence-corrected chi connectivity index (χ4v) is 8.25. The maximum atomic E-state index is 10.2. The van der Waals surface area contributed by atoms with Crippen LogP contribution < -0.4 is 0 Å². The highest BCUT2D eigenvalue weighted by molar-refractivity contribution is 5.25. The van der Waals surface area contributed by atoms with Crippen LogP contribution in [0.25, 0.3) is 0 Å². The molecule has 0 aromatic heterocycles. The molecule has 9 atom stereocenters. The van der Waals surface area contributed by atoms with Gasteiger partial charge in [0, 0.05) is 0 Å². The van der Waals surface area contributed by atoms with E-state index >= 15 is 0 Å². The SMILES string of the molecule is CC(C)C(C)/C=C/[C@@H](C)[C@H]1CCC2C3CC=C4C[C@@H](O)CC[C@]4(C)C3CC[C@@]21C. The molecule has 1 N–H and O–H groups in total. The Balaban J connectivity index is 1.53. The third-order valence-corrected chi connectivity index (χ3v) is 10.6. The third-order valence-electron chi connectivity index (χ3n) is 10.6. The van der Waals surface area contributed by atoms with Gasteiger partial charge in [-0.2, -0.15) is 0 Å². The van der Waals surface area contributed by atoms with Crippen LogP contribution >= 0.6 is 0 Å². The van der Waals surface area contributed by atoms with Gasteiger partial charge in [-0.3, -0.25) is 0 Å². The molecule has 0 aromatic rings. The lowest BCUT2D eigenvalue weighted by molar-refractivity contribution is -0.0540. The standard InChI is InChI=1S/C28H46O/c1-18(2)19(3)7-8-20(4)24-11-12-25-23-10-9-21-17-22(29)13-15-27(21,5)26(23)14-16-28(24,25)6/h7-9,18-20,22-26,29H,10-17H2,1-6H3/b8-7+/t19?,20-,22+,23?,24-,25?,26?,27+,28-/m1/s1. The van der Waals surface area contributed by atoms with E-state index in [9.17, 15) is 5.11 Å². The van der Waals surface area contributed by atoms with Gasteiger partial charge in [0.2, 0.25) is 0 Å². The third kappa shape index (κ3) is 3.58. The number of rotatable bonds is 4. The minimum absolute atomic E-state index is 0.0866. The summed E-state index contributed by atoms with van der Waals surface area (Å²) in [5, 5.41) is 10.2. The molecule has 4 aliphatic carbocycles. The zero-order valence-electron chi connectivity index (χ0n) is 20.0. The van der Waals surface area contributed by atoms with Gasteiger partial charge in [0.1, 0.15) is 0 Å². The Morgan fingerprint density at radius 1 is 0.966 bits per heavy atom. The molecule has 4 aliphatic rings. The summed E-state index contributed by atoms with van der Waals surface area (Å²) >= 11 is 0. The molecule has 0 bridgehead atoms. The van der Waals surface area contributed by atoms with Crippen LogP contribution in [-0.2, 0) is 0 Å². The van der Waals surface area contributed by atoms with E-state index in [1.54, 1.807) is 5.57 Å². The summed E-state index contributed by atoms with van der Waals surface area (Å²) in [5.41, 5.74) is 2.51. The van der Waals surface area contributed by atoms with Crippen molar-refractivity contribution in [1.82, 2.24) is 0 Å². The second kappa shape index (κ2) is 7.85. The van der Waals surface area contributed by atoms with E-state index in [1.165, 1.54) is 38.5 Å². The number of fused-ring (bicyclic) bond motifs is 5. The molecule has 0 saturated heterocycles. The highest BCUT2D eigenvalue weighted by Gasteiger charge is 2.58. The average Bonchev–Trinajstić information content (AvgIpc) is 3.03. The first-order chi connectivity index (χ1) is 13.7. The smallest absolute Gasteiger partial charge is 0.0577 e. The Kier molecular flexibility index (Phi) is 5.86. The number of allylic oxidation sites excluding steroid dienone is 3. The topological polar surface area (TPSA) is 20.2 Å². The molecule has 3 fully saturated rings. The number of aliphatic hydroxyl groups is 1. The number of hydrogen-bond acceptors (Lipinski definition) is 1. The molecular formula is C28H46O. The second-order valence-electron chi connectivity index (χ2n) is 12.2. The fourth-order valence-electron chi connectivity index (χ4n) is 8.25. The van der Waals surface area contributed by atoms with Gasteiger partial charge in [0.15, 0.2) is 0 Å². The van der Waals surface area contributed by atoms with E-state index < -0.39 is 0 Å². The first kappa shape index (κ1) is 21.7. The summed E-state index contributed by atoms with van der Waals surface area (Å²) in [6.07, 6.45) is 17.7. The van der Waals surface area contributed by atoms with Gasteiger partial charge in [-0.15, -0.1) is 0 Å². The largest absolute Gasteiger partial charge is 0.393 e. The van der Waals surface area contributed by atoms with Gasteiger partial charge in [-0.05, 0) is 104 Å². The molecule has 0 radical (unpaired) electrons. The van der Waals surface area contributed by atoms with Crippen molar-refractivity contribution in [2.24, 2.45) is 52.3 Å². The second-order valence-corrected chi connectivity index (χ2v) is 12.2. The molecule has 4 unspecified atom stereocenters. The van der Waals surface area contributed by atoms with Crippen molar-refractivity contribution in [2.75, 3.05) is 0 Å². The Morgan fingerprint density at radius 2 is 1.72 bits per heavy atom. The lowest BCUT2D eigenvalue weighted by Gasteiger charge is -2.58. The summed E-state index contributed by atoms with van der Waals surface area (Å²) in [7, 11) is 0. The maximum Gasteiger partial charge on any atom is 0.0577 e. The van der Waals surface area contributed by atoms with Crippen LogP contribution in [0.2, 0.25) is 0 Å². The number of aliphatic hydroxyl groups excluding tert-OH is 1. The van der Waals surface area contributed by atoms with Crippen molar-refractivity contribution < 1.29 is 5.11 Å². The molecular weight excluding hydrogens is 352 g/mol. The molecule has 4 rings (SSSR count). The molecule has 0 aliphatic heterocycles. The summed E-state index contributed by atoms with van der Waals surface area (Å²) in [6.45, 7) is 14.7. The van der Waals surface area contributed by atoms with Crippen LogP contribution in [-0.4, -0.2) is 11.2 Å². The summed E-state index contributed by atoms with van der Waals surface area (Å²) in [6, 6.07) is 0. The van der Waals surface area contributed by atoms with Crippen molar-refractivity contribution >= 4 is 0 Å². The minimum atomic E-state index is -0.0866. The van der Waals surface area contributed by atoms with E-state index in [0.29, 0.717) is 22.7 Å². The number of hydrogen-bond donors (Lipinski definition) is 1. The molecule has 1 nitrogen and oxygen atoms in total. The van der Waals surface area contributed by atoms with Crippen molar-refractivity contribution in [2.45, 2.75) is 99.0 Å². The van der Waals surface area contributed by atoms with Crippen LogP contribution in [0, 0.1) is 52.3 Å². The Bertz CT molecular complexity index is 659. The van der Waals surface area contributed by atoms with Crippen LogP contribution in [0.4, 0.5) is 0 Å². The Hall–Kier alpha value is -0.560. The monoisotopic (exact) mass is 398 g/mol. The molecule has 0 aromatic carbocycles. The summed E-state index contributed by atoms with van der Waals surface area (Å²) in [4.78, 5) is 0. The van der Waals surface area contributed by atoms with E-state index in [2.05, 4.69) is 59.8 Å². The normalized spacial score (nSPS) is 46.8. The molecule has 1 heteroatoms. The van der Waals surface area contributed by atoms with Gasteiger partial charge in [-0.1, -0.05) is 65.3 Å². The molecule has 3 saturated carbocycles. The highest BCUT2D eigenvalue weighted by Crippen LogP contribution is 2.67. The molecule has 164 valence electrons. The van der Waals surface area contributed by atoms with Crippen molar-refractivity contribution in [3.05, 3.63) is 23.8 Å². The molecule has 29 heavy (non-hydrogen) atoms. The van der Waals surface area contributed by atoms with Crippen LogP contribution in [0.1, 0.15) is 92.9 Å². The van der Waals surface area contributed by atoms with Crippen LogP contribution in [0.3, 0.4) is 0 Å². The predicted octanol–water partition coefficient (Wildman–Crippen LogP) is 7.41. The van der Waals surface area contributed by atoms with Gasteiger partial charge in [-0.25, -0.2) is 0 Å². The maximum absolute atomic E-state index is 10.2. The van der Waals surface area contributed by atoms with Gasteiger partial charge in [0.25, 0.3) is 0 Å². The Labute approximate surface area is 180 Å². The highest BCUT2D eigenvalue weighted by atomic mass is 16.3. The van der Waals surface area contributed by atoms with E-state index in [4.69, 9.17) is 0 Å². The summed E-state index contributed by atoms with van der Waals surface area (Å²) < 4.78 is 0. The minimum Gasteiger partial charge on any atom is -0.393 e. The van der Waals surface area contributed by atoms with Gasteiger partial charge >= 0.3 is 0 Å². The molecule has 0 heterocycles. The van der Waals surface area contributed by atoms with Gasteiger partial charge < -0.3 is 5.11 Å². The van der Waals surface area contributed by atoms with E-state index in [1.807, 2.05) is 0 Å². The zero-order valence-corrected chi connectivity index (χ0v) is 20.0. The lowest BCUT2D eigenvalue weighted by Crippen LogP contribution is -2.50. The zero-order chi connectivity index (χ0) is 21.0. The van der Waals surface area contributed by atoms with Crippen molar-refractivity contribution in [3.8, 4) is 0 Å². The lowest BCUT2D eigenvalue weighted by atomic mass is 9.47. The quantitative estimate of drug-likeness (QED) is 0.489. The average molecular weight is 399 g/mol. The Morgan fingerprint density at radius 3 is 2.45 bits per heavy atom. The van der Waals surface area contributed by atoms with Crippen molar-refractivity contribution in [1.29, 1.82) is 0 Å². The molecule has 0 spiro atoms. The fraction of sp³-hybridized carbons (Fsp3) is 0.857. The van der Waals surface area contributed by atoms with E-state index in [0.717, 1.165) is 42.4 Å². The van der Waals surface area contributed by atoms with Crippen molar-refractivity contribution in [3.63, 3.8) is 0 Å². The van der Waals surface area contributed by atoms with Crippen LogP contribution in [0.15, 0.2) is 23.8 Å².